The highest BCUT2D eigenvalue weighted by Crippen LogP contribution is 2.24. The van der Waals surface area contributed by atoms with Gasteiger partial charge in [-0.3, -0.25) is 4.90 Å². The number of piperidine rings is 1. The maximum atomic E-state index is 6.07. The molecule has 2 rings (SSSR count). The minimum Gasteiger partial charge on any atom is -0.496 e. The molecule has 21 heavy (non-hydrogen) atoms. The van der Waals surface area contributed by atoms with Gasteiger partial charge in [-0.05, 0) is 51.8 Å². The Kier molecular flexibility index (Phi) is 5.53. The summed E-state index contributed by atoms with van der Waals surface area (Å²) in [6.45, 7) is 10.00. The Morgan fingerprint density at radius 2 is 1.95 bits per heavy atom. The zero-order chi connectivity index (χ0) is 15.5. The molecule has 0 radical (unpaired) electrons. The molecule has 1 heterocycles. The van der Waals surface area contributed by atoms with E-state index >= 15 is 0 Å². The lowest BCUT2D eigenvalue weighted by Crippen LogP contribution is -2.49. The molecular weight excluding hydrogens is 284 g/mol. The highest BCUT2D eigenvalue weighted by Gasteiger charge is 2.26. The first-order valence-electron chi connectivity index (χ1n) is 7.71. The number of hydrogen-bond acceptors (Lipinski definition) is 3. The molecule has 1 fully saturated rings. The van der Waals surface area contributed by atoms with Gasteiger partial charge in [0.2, 0.25) is 0 Å². The summed E-state index contributed by atoms with van der Waals surface area (Å²) in [7, 11) is 1.70. The standard InChI is InChI=1S/C17H27ClN2O/c1-17(2,3)20-9-7-15(8-10-20)19-12-13-11-14(18)5-6-16(13)21-4/h5-6,11,15,19H,7-10,12H2,1-4H3. The van der Waals surface area contributed by atoms with E-state index in [0.717, 1.165) is 36.0 Å². The Bertz CT molecular complexity index is 462. The fourth-order valence-corrected chi connectivity index (χ4v) is 3.09. The van der Waals surface area contributed by atoms with Crippen LogP contribution in [0.3, 0.4) is 0 Å². The highest BCUT2D eigenvalue weighted by molar-refractivity contribution is 6.30. The average Bonchev–Trinajstić information content (AvgIpc) is 2.45. The fourth-order valence-electron chi connectivity index (χ4n) is 2.89. The van der Waals surface area contributed by atoms with Gasteiger partial charge in [-0.15, -0.1) is 0 Å². The molecule has 0 amide bonds. The smallest absolute Gasteiger partial charge is 0.123 e. The van der Waals surface area contributed by atoms with Crippen molar-refractivity contribution in [1.29, 1.82) is 0 Å². The first-order valence-corrected chi connectivity index (χ1v) is 8.09. The van der Waals surface area contributed by atoms with Crippen LogP contribution in [-0.2, 0) is 6.54 Å². The van der Waals surface area contributed by atoms with Gasteiger partial charge in [0.05, 0.1) is 7.11 Å². The third-order valence-electron chi connectivity index (χ3n) is 4.27. The first kappa shape index (κ1) is 16.6. The Balaban J connectivity index is 1.86. The molecule has 0 aromatic heterocycles. The van der Waals surface area contributed by atoms with Gasteiger partial charge < -0.3 is 10.1 Å². The Labute approximate surface area is 133 Å². The molecule has 0 spiro atoms. The summed E-state index contributed by atoms with van der Waals surface area (Å²) in [4.78, 5) is 2.56. The topological polar surface area (TPSA) is 24.5 Å². The summed E-state index contributed by atoms with van der Waals surface area (Å²) in [5, 5.41) is 4.41. The second-order valence-corrected chi connectivity index (χ2v) is 7.21. The van der Waals surface area contributed by atoms with Crippen molar-refractivity contribution in [2.24, 2.45) is 0 Å². The van der Waals surface area contributed by atoms with E-state index in [1.165, 1.54) is 12.8 Å². The predicted molar refractivity (Wildman–Crippen MR) is 89.2 cm³/mol. The van der Waals surface area contributed by atoms with E-state index in [4.69, 9.17) is 16.3 Å². The summed E-state index contributed by atoms with van der Waals surface area (Å²) in [6.07, 6.45) is 2.39. The lowest BCUT2D eigenvalue weighted by atomic mass is 9.98. The van der Waals surface area contributed by atoms with Gasteiger partial charge in [0.1, 0.15) is 5.75 Å². The maximum absolute atomic E-state index is 6.07. The quantitative estimate of drug-likeness (QED) is 0.917. The van der Waals surface area contributed by atoms with Gasteiger partial charge >= 0.3 is 0 Å². The number of hydrogen-bond donors (Lipinski definition) is 1. The summed E-state index contributed by atoms with van der Waals surface area (Å²) < 4.78 is 5.40. The summed E-state index contributed by atoms with van der Waals surface area (Å²) in [5.41, 5.74) is 1.41. The van der Waals surface area contributed by atoms with Crippen LogP contribution in [0, 0.1) is 0 Å². The van der Waals surface area contributed by atoms with E-state index in [2.05, 4.69) is 31.0 Å². The molecule has 118 valence electrons. The monoisotopic (exact) mass is 310 g/mol. The number of nitrogens with zero attached hydrogens (tertiary/aromatic N) is 1. The van der Waals surface area contributed by atoms with Crippen LogP contribution in [0.4, 0.5) is 0 Å². The van der Waals surface area contributed by atoms with E-state index in [1.807, 2.05) is 18.2 Å². The van der Waals surface area contributed by atoms with Crippen LogP contribution in [0.15, 0.2) is 18.2 Å². The second kappa shape index (κ2) is 6.99. The van der Waals surface area contributed by atoms with Gasteiger partial charge in [0.15, 0.2) is 0 Å². The van der Waals surface area contributed by atoms with Crippen molar-refractivity contribution >= 4 is 11.6 Å². The van der Waals surface area contributed by atoms with Crippen molar-refractivity contribution in [2.75, 3.05) is 20.2 Å². The number of halogens is 1. The molecule has 4 heteroatoms. The predicted octanol–water partition coefficient (Wildman–Crippen LogP) is 3.70. The number of rotatable bonds is 4. The molecule has 0 aliphatic carbocycles. The Hall–Kier alpha value is -0.770. The van der Waals surface area contributed by atoms with Gasteiger partial charge in [-0.25, -0.2) is 0 Å². The van der Waals surface area contributed by atoms with Crippen LogP contribution < -0.4 is 10.1 Å². The summed E-state index contributed by atoms with van der Waals surface area (Å²) in [6, 6.07) is 6.36. The Morgan fingerprint density at radius 1 is 1.29 bits per heavy atom. The van der Waals surface area contributed by atoms with E-state index < -0.39 is 0 Å². The van der Waals surface area contributed by atoms with Crippen molar-refractivity contribution in [3.8, 4) is 5.75 Å². The number of ether oxygens (including phenoxy) is 1. The molecular formula is C17H27ClN2O. The second-order valence-electron chi connectivity index (χ2n) is 6.77. The van der Waals surface area contributed by atoms with Crippen LogP contribution in [0.5, 0.6) is 5.75 Å². The molecule has 0 bridgehead atoms. The summed E-state index contributed by atoms with van der Waals surface area (Å²) >= 11 is 6.07. The molecule has 1 aromatic rings. The van der Waals surface area contributed by atoms with Crippen LogP contribution in [-0.4, -0.2) is 36.7 Å². The number of nitrogens with one attached hydrogen (secondary N) is 1. The minimum absolute atomic E-state index is 0.279. The SMILES string of the molecule is COc1ccc(Cl)cc1CNC1CCN(C(C)(C)C)CC1. The van der Waals surface area contributed by atoms with Crippen LogP contribution >= 0.6 is 11.6 Å². The summed E-state index contributed by atoms with van der Waals surface area (Å²) in [5.74, 6) is 0.902. The van der Waals surface area contributed by atoms with Crippen molar-refractivity contribution in [3.05, 3.63) is 28.8 Å². The number of likely N-dealkylation sites (tertiary alicyclic amines) is 1. The molecule has 1 aliphatic heterocycles. The van der Waals surface area contributed by atoms with Gasteiger partial charge in [-0.2, -0.15) is 0 Å². The van der Waals surface area contributed by atoms with Crippen LogP contribution in [0.25, 0.3) is 0 Å². The van der Waals surface area contributed by atoms with Crippen LogP contribution in [0.1, 0.15) is 39.2 Å². The van der Waals surface area contributed by atoms with E-state index in [-0.39, 0.29) is 5.54 Å². The molecule has 3 nitrogen and oxygen atoms in total. The van der Waals surface area contributed by atoms with E-state index in [1.54, 1.807) is 7.11 Å². The van der Waals surface area contributed by atoms with Crippen LogP contribution in [0.2, 0.25) is 5.02 Å². The third-order valence-corrected chi connectivity index (χ3v) is 4.50. The molecule has 1 aliphatic rings. The molecule has 1 saturated heterocycles. The molecule has 1 N–H and O–H groups in total. The molecule has 1 aromatic carbocycles. The van der Waals surface area contributed by atoms with Crippen molar-refractivity contribution in [3.63, 3.8) is 0 Å². The van der Waals surface area contributed by atoms with Crippen molar-refractivity contribution in [2.45, 2.75) is 51.7 Å². The fraction of sp³-hybridized carbons (Fsp3) is 0.647. The average molecular weight is 311 g/mol. The molecule has 0 saturated carbocycles. The zero-order valence-electron chi connectivity index (χ0n) is 13.6. The van der Waals surface area contributed by atoms with Gasteiger partial charge in [-0.1, -0.05) is 11.6 Å². The van der Waals surface area contributed by atoms with E-state index in [0.29, 0.717) is 6.04 Å². The zero-order valence-corrected chi connectivity index (χ0v) is 14.3. The molecule has 0 atom stereocenters. The van der Waals surface area contributed by atoms with Crippen molar-refractivity contribution < 1.29 is 4.74 Å². The normalized spacial score (nSPS) is 18.0. The lowest BCUT2D eigenvalue weighted by molar-refractivity contribution is 0.0960. The highest BCUT2D eigenvalue weighted by atomic mass is 35.5. The first-order chi connectivity index (χ1) is 9.90. The number of benzene rings is 1. The minimum atomic E-state index is 0.279. The number of methoxy groups -OCH3 is 1. The van der Waals surface area contributed by atoms with Gasteiger partial charge in [0.25, 0.3) is 0 Å². The Morgan fingerprint density at radius 3 is 2.52 bits per heavy atom. The largest absolute Gasteiger partial charge is 0.496 e. The molecule has 0 unspecified atom stereocenters. The van der Waals surface area contributed by atoms with E-state index in [9.17, 15) is 0 Å². The maximum Gasteiger partial charge on any atom is 0.123 e. The third kappa shape index (κ3) is 4.60. The van der Waals surface area contributed by atoms with Crippen molar-refractivity contribution in [1.82, 2.24) is 10.2 Å². The van der Waals surface area contributed by atoms with Gasteiger partial charge in [0, 0.05) is 41.8 Å². The lowest BCUT2D eigenvalue weighted by Gasteiger charge is -2.41.